The summed E-state index contributed by atoms with van der Waals surface area (Å²) in [5, 5.41) is 8.76. The van der Waals surface area contributed by atoms with Crippen LogP contribution < -0.4 is 11.3 Å². The van der Waals surface area contributed by atoms with Gasteiger partial charge in [-0.15, -0.1) is 0 Å². The van der Waals surface area contributed by atoms with Crippen LogP contribution in [-0.4, -0.2) is 5.11 Å². The molecule has 0 amide bonds. The Kier molecular flexibility index (Phi) is 1.73. The molecule has 4 N–H and O–H groups in total. The molecule has 54 valence electrons. The predicted octanol–water partition coefficient (Wildman–Crippen LogP) is 0.817. The lowest BCUT2D eigenvalue weighted by atomic mass is 10.3. The van der Waals surface area contributed by atoms with E-state index in [1.165, 1.54) is 12.1 Å². The number of nitrogens with two attached hydrogens (primary N) is 1. The molecule has 3 nitrogen and oxygen atoms in total. The van der Waals surface area contributed by atoms with E-state index in [4.69, 9.17) is 10.9 Å². The summed E-state index contributed by atoms with van der Waals surface area (Å²) in [6, 6.07) is 3.76. The molecule has 0 saturated heterocycles. The Morgan fingerprint density at radius 1 is 1.50 bits per heavy atom. The van der Waals surface area contributed by atoms with Gasteiger partial charge in [0.1, 0.15) is 0 Å². The monoisotopic (exact) mass is 142 g/mol. The number of nitrogens with one attached hydrogen (secondary N) is 1. The van der Waals surface area contributed by atoms with E-state index in [0.29, 0.717) is 5.69 Å². The average Bonchev–Trinajstić information content (AvgIpc) is 1.95. The van der Waals surface area contributed by atoms with Crippen molar-refractivity contribution in [1.82, 2.24) is 0 Å². The van der Waals surface area contributed by atoms with Gasteiger partial charge in [0.05, 0.1) is 5.69 Å². The molecule has 10 heavy (non-hydrogen) atoms. The van der Waals surface area contributed by atoms with Gasteiger partial charge < -0.3 is 10.5 Å². The minimum atomic E-state index is -0.654. The Hall–Kier alpha value is -1.29. The molecule has 1 aromatic carbocycles. The Morgan fingerprint density at radius 2 is 2.20 bits per heavy atom. The number of rotatable bonds is 1. The van der Waals surface area contributed by atoms with Gasteiger partial charge in [0.15, 0.2) is 11.6 Å². The lowest BCUT2D eigenvalue weighted by molar-refractivity contribution is 0.433. The highest BCUT2D eigenvalue weighted by Gasteiger charge is 1.98. The number of hydrogen-bond donors (Lipinski definition) is 3. The molecule has 0 heterocycles. The molecule has 1 aromatic rings. The summed E-state index contributed by atoms with van der Waals surface area (Å²) < 4.78 is 12.3. The highest BCUT2D eigenvalue weighted by atomic mass is 19.1. The maximum absolute atomic E-state index is 12.3. The first-order valence-electron chi connectivity index (χ1n) is 2.69. The maximum atomic E-state index is 12.3. The highest BCUT2D eigenvalue weighted by molar-refractivity contribution is 5.47. The van der Waals surface area contributed by atoms with Crippen LogP contribution in [0, 0.1) is 5.82 Å². The molecule has 0 aliphatic heterocycles. The van der Waals surface area contributed by atoms with Crippen molar-refractivity contribution in [3.8, 4) is 5.75 Å². The molecule has 0 radical (unpaired) electrons. The largest absolute Gasteiger partial charge is 0.505 e. The fourth-order valence-electron chi connectivity index (χ4n) is 0.602. The molecule has 0 bridgehead atoms. The number of halogens is 1. The van der Waals surface area contributed by atoms with Crippen molar-refractivity contribution in [3.05, 3.63) is 24.0 Å². The fourth-order valence-corrected chi connectivity index (χ4v) is 0.602. The molecule has 0 unspecified atom stereocenters. The van der Waals surface area contributed by atoms with Crippen molar-refractivity contribution in [2.24, 2.45) is 5.84 Å². The number of nitrogen functional groups attached to an aromatic ring is 1. The molecule has 1 rings (SSSR count). The second-order valence-electron chi connectivity index (χ2n) is 1.81. The molecule has 0 aliphatic carbocycles. The van der Waals surface area contributed by atoms with E-state index in [2.05, 4.69) is 5.43 Å². The fraction of sp³-hybridized carbons (Fsp3) is 0. The van der Waals surface area contributed by atoms with Gasteiger partial charge in [0.2, 0.25) is 0 Å². The minimum absolute atomic E-state index is 0.407. The lowest BCUT2D eigenvalue weighted by Gasteiger charge is -1.99. The van der Waals surface area contributed by atoms with Crippen molar-refractivity contribution < 1.29 is 9.50 Å². The van der Waals surface area contributed by atoms with Crippen LogP contribution in [0.5, 0.6) is 5.75 Å². The molecular weight excluding hydrogens is 135 g/mol. The first-order chi connectivity index (χ1) is 4.74. The number of anilines is 1. The SMILES string of the molecule is NNc1ccc(F)c(O)c1. The number of phenols is 1. The van der Waals surface area contributed by atoms with Crippen LogP contribution >= 0.6 is 0 Å². The summed E-state index contributed by atoms with van der Waals surface area (Å²) in [6.45, 7) is 0. The summed E-state index contributed by atoms with van der Waals surface area (Å²) >= 11 is 0. The van der Waals surface area contributed by atoms with Crippen molar-refractivity contribution >= 4 is 5.69 Å². The average molecular weight is 142 g/mol. The smallest absolute Gasteiger partial charge is 0.164 e. The zero-order chi connectivity index (χ0) is 7.56. The van der Waals surface area contributed by atoms with Gasteiger partial charge in [-0.25, -0.2) is 4.39 Å². The standard InChI is InChI=1S/C6H7FN2O/c7-5-2-1-4(9-8)3-6(5)10/h1-3,9-10H,8H2. The van der Waals surface area contributed by atoms with Crippen LogP contribution in [0.4, 0.5) is 10.1 Å². The Morgan fingerprint density at radius 3 is 2.70 bits per heavy atom. The van der Waals surface area contributed by atoms with E-state index >= 15 is 0 Å². The molecule has 0 spiro atoms. The quantitative estimate of drug-likeness (QED) is 0.402. The third kappa shape index (κ3) is 1.16. The van der Waals surface area contributed by atoms with Crippen LogP contribution in [0.15, 0.2) is 18.2 Å². The first-order valence-corrected chi connectivity index (χ1v) is 2.69. The zero-order valence-electron chi connectivity index (χ0n) is 5.13. The van der Waals surface area contributed by atoms with Crippen LogP contribution in [0.2, 0.25) is 0 Å². The molecule has 0 saturated carbocycles. The van der Waals surface area contributed by atoms with Gasteiger partial charge in [-0.2, -0.15) is 0 Å². The van der Waals surface area contributed by atoms with E-state index in [0.717, 1.165) is 6.07 Å². The molecule has 0 aliphatic rings. The van der Waals surface area contributed by atoms with Crippen LogP contribution in [0.1, 0.15) is 0 Å². The summed E-state index contributed by atoms with van der Waals surface area (Å²) in [5.41, 5.74) is 2.74. The summed E-state index contributed by atoms with van der Waals surface area (Å²) in [6.07, 6.45) is 0. The van der Waals surface area contributed by atoms with Gasteiger partial charge in [-0.1, -0.05) is 0 Å². The third-order valence-corrected chi connectivity index (χ3v) is 1.11. The van der Waals surface area contributed by atoms with E-state index in [-0.39, 0.29) is 0 Å². The number of aromatic hydroxyl groups is 1. The van der Waals surface area contributed by atoms with Crippen molar-refractivity contribution in [2.45, 2.75) is 0 Å². The zero-order valence-corrected chi connectivity index (χ0v) is 5.13. The van der Waals surface area contributed by atoms with Gasteiger partial charge in [-0.05, 0) is 12.1 Å². The van der Waals surface area contributed by atoms with Crippen LogP contribution in [-0.2, 0) is 0 Å². The van der Waals surface area contributed by atoms with E-state index < -0.39 is 11.6 Å². The highest BCUT2D eigenvalue weighted by Crippen LogP contribution is 2.18. The normalized spacial score (nSPS) is 9.40. The van der Waals surface area contributed by atoms with Gasteiger partial charge in [0.25, 0.3) is 0 Å². The number of hydrazine groups is 1. The van der Waals surface area contributed by atoms with Crippen LogP contribution in [0.25, 0.3) is 0 Å². The summed E-state index contributed by atoms with van der Waals surface area (Å²) in [7, 11) is 0. The second-order valence-corrected chi connectivity index (χ2v) is 1.81. The Balaban J connectivity index is 3.04. The topological polar surface area (TPSA) is 58.3 Å². The van der Waals surface area contributed by atoms with Gasteiger partial charge >= 0.3 is 0 Å². The first kappa shape index (κ1) is 6.82. The summed E-state index contributed by atoms with van der Waals surface area (Å²) in [4.78, 5) is 0. The summed E-state index contributed by atoms with van der Waals surface area (Å²) in [5.74, 6) is 3.92. The second kappa shape index (κ2) is 2.53. The molecule has 4 heteroatoms. The van der Waals surface area contributed by atoms with Crippen molar-refractivity contribution in [3.63, 3.8) is 0 Å². The van der Waals surface area contributed by atoms with E-state index in [1.54, 1.807) is 0 Å². The number of benzene rings is 1. The molecule has 0 fully saturated rings. The molecular formula is C6H7FN2O. The number of hydrogen-bond acceptors (Lipinski definition) is 3. The van der Waals surface area contributed by atoms with Crippen molar-refractivity contribution in [2.75, 3.05) is 5.43 Å². The predicted molar refractivity (Wildman–Crippen MR) is 35.9 cm³/mol. The van der Waals surface area contributed by atoms with Gasteiger partial charge in [-0.3, -0.25) is 5.84 Å². The van der Waals surface area contributed by atoms with Crippen molar-refractivity contribution in [1.29, 1.82) is 0 Å². The van der Waals surface area contributed by atoms with E-state index in [1.807, 2.05) is 0 Å². The third-order valence-electron chi connectivity index (χ3n) is 1.11. The van der Waals surface area contributed by atoms with Crippen LogP contribution in [0.3, 0.4) is 0 Å². The molecule has 0 atom stereocenters. The van der Waals surface area contributed by atoms with Gasteiger partial charge in [0, 0.05) is 6.07 Å². The van der Waals surface area contributed by atoms with E-state index in [9.17, 15) is 4.39 Å². The Labute approximate surface area is 57.3 Å². The Bertz CT molecular complexity index is 239. The minimum Gasteiger partial charge on any atom is -0.505 e. The number of phenolic OH excluding ortho intramolecular Hbond substituents is 1. The maximum Gasteiger partial charge on any atom is 0.164 e. The lowest BCUT2D eigenvalue weighted by Crippen LogP contribution is -2.06. The molecule has 0 aromatic heterocycles.